The van der Waals surface area contributed by atoms with E-state index in [1.54, 1.807) is 0 Å². The SMILES string of the molecule is Cc1cc(Br)c(NC(=O)CN(C)Cc2ccccc2C)c(Br)c1. The Morgan fingerprint density at radius 1 is 1.13 bits per heavy atom. The largest absolute Gasteiger partial charge is 0.323 e. The van der Waals surface area contributed by atoms with E-state index in [2.05, 4.69) is 56.2 Å². The summed E-state index contributed by atoms with van der Waals surface area (Å²) in [5.74, 6) is -0.0358. The first-order valence-electron chi connectivity index (χ1n) is 7.35. The van der Waals surface area contributed by atoms with Crippen molar-refractivity contribution in [3.63, 3.8) is 0 Å². The fourth-order valence-electron chi connectivity index (χ4n) is 2.38. The monoisotopic (exact) mass is 438 g/mol. The van der Waals surface area contributed by atoms with Crippen molar-refractivity contribution in [1.82, 2.24) is 4.90 Å². The highest BCUT2D eigenvalue weighted by Gasteiger charge is 2.12. The fourth-order valence-corrected chi connectivity index (χ4v) is 3.99. The van der Waals surface area contributed by atoms with Gasteiger partial charge in [-0.15, -0.1) is 0 Å². The van der Waals surface area contributed by atoms with Crippen LogP contribution in [0.25, 0.3) is 0 Å². The topological polar surface area (TPSA) is 32.3 Å². The van der Waals surface area contributed by atoms with Crippen LogP contribution >= 0.6 is 31.9 Å². The number of benzene rings is 2. The van der Waals surface area contributed by atoms with Gasteiger partial charge in [-0.2, -0.15) is 0 Å². The molecule has 0 aliphatic rings. The molecule has 0 heterocycles. The molecule has 0 aromatic heterocycles. The third kappa shape index (κ3) is 5.16. The number of hydrogen-bond acceptors (Lipinski definition) is 2. The second-order valence-electron chi connectivity index (χ2n) is 5.75. The molecule has 0 spiro atoms. The molecule has 0 radical (unpaired) electrons. The molecule has 3 nitrogen and oxygen atoms in total. The third-order valence-electron chi connectivity index (χ3n) is 3.57. The van der Waals surface area contributed by atoms with Gasteiger partial charge in [0.25, 0.3) is 0 Å². The first-order chi connectivity index (χ1) is 10.9. The van der Waals surface area contributed by atoms with Crippen molar-refractivity contribution >= 4 is 43.5 Å². The predicted octanol–water partition coefficient (Wildman–Crippen LogP) is 4.90. The lowest BCUT2D eigenvalue weighted by Gasteiger charge is -2.18. The number of hydrogen-bond donors (Lipinski definition) is 1. The van der Waals surface area contributed by atoms with Crippen molar-refractivity contribution in [3.05, 3.63) is 62.0 Å². The highest BCUT2D eigenvalue weighted by atomic mass is 79.9. The lowest BCUT2D eigenvalue weighted by atomic mass is 10.1. The van der Waals surface area contributed by atoms with Crippen molar-refractivity contribution in [2.45, 2.75) is 20.4 Å². The molecule has 0 unspecified atom stereocenters. The number of anilines is 1. The molecule has 1 N–H and O–H groups in total. The average molecular weight is 440 g/mol. The van der Waals surface area contributed by atoms with Gasteiger partial charge < -0.3 is 5.32 Å². The van der Waals surface area contributed by atoms with Crippen LogP contribution < -0.4 is 5.32 Å². The van der Waals surface area contributed by atoms with Crippen LogP contribution in [0.15, 0.2) is 45.3 Å². The number of likely N-dealkylation sites (N-methyl/N-ethyl adjacent to an activating group) is 1. The van der Waals surface area contributed by atoms with E-state index in [1.165, 1.54) is 11.1 Å². The molecule has 0 aliphatic heterocycles. The van der Waals surface area contributed by atoms with Crippen LogP contribution in [0, 0.1) is 13.8 Å². The van der Waals surface area contributed by atoms with Gasteiger partial charge in [-0.05, 0) is 81.6 Å². The van der Waals surface area contributed by atoms with Crippen molar-refractivity contribution < 1.29 is 4.79 Å². The Morgan fingerprint density at radius 3 is 2.35 bits per heavy atom. The molecule has 23 heavy (non-hydrogen) atoms. The number of halogens is 2. The maximum Gasteiger partial charge on any atom is 0.238 e. The Balaban J connectivity index is 1.98. The second-order valence-corrected chi connectivity index (χ2v) is 7.46. The second kappa shape index (κ2) is 8.08. The highest BCUT2D eigenvalue weighted by molar-refractivity contribution is 9.11. The molecule has 2 aromatic carbocycles. The number of carbonyl (C=O) groups is 1. The molecule has 5 heteroatoms. The van der Waals surface area contributed by atoms with E-state index in [0.29, 0.717) is 6.54 Å². The summed E-state index contributed by atoms with van der Waals surface area (Å²) in [6.07, 6.45) is 0. The maximum atomic E-state index is 12.3. The average Bonchev–Trinajstić information content (AvgIpc) is 2.45. The Labute approximate surface area is 154 Å². The van der Waals surface area contributed by atoms with Gasteiger partial charge in [-0.25, -0.2) is 0 Å². The minimum Gasteiger partial charge on any atom is -0.323 e. The predicted molar refractivity (Wildman–Crippen MR) is 103 cm³/mol. The van der Waals surface area contributed by atoms with Crippen LogP contribution in [-0.2, 0) is 11.3 Å². The molecule has 0 atom stereocenters. The molecular formula is C18H20Br2N2O. The van der Waals surface area contributed by atoms with Crippen LogP contribution in [0.3, 0.4) is 0 Å². The number of nitrogens with one attached hydrogen (secondary N) is 1. The molecule has 122 valence electrons. The summed E-state index contributed by atoms with van der Waals surface area (Å²) in [7, 11) is 1.95. The Kier molecular flexibility index (Phi) is 6.39. The van der Waals surface area contributed by atoms with E-state index >= 15 is 0 Å². The summed E-state index contributed by atoms with van der Waals surface area (Å²) in [6, 6.07) is 12.2. The van der Waals surface area contributed by atoms with Gasteiger partial charge in [0.15, 0.2) is 0 Å². The van der Waals surface area contributed by atoms with Crippen LogP contribution in [0.1, 0.15) is 16.7 Å². The minimum absolute atomic E-state index is 0.0358. The van der Waals surface area contributed by atoms with Gasteiger partial charge in [-0.1, -0.05) is 24.3 Å². The van der Waals surface area contributed by atoms with E-state index in [0.717, 1.165) is 26.7 Å². The summed E-state index contributed by atoms with van der Waals surface area (Å²) in [5.41, 5.74) is 4.37. The van der Waals surface area contributed by atoms with Gasteiger partial charge in [0, 0.05) is 15.5 Å². The van der Waals surface area contributed by atoms with Gasteiger partial charge >= 0.3 is 0 Å². The van der Waals surface area contributed by atoms with Crippen molar-refractivity contribution in [3.8, 4) is 0 Å². The normalized spacial score (nSPS) is 10.9. The van der Waals surface area contributed by atoms with Gasteiger partial charge in [-0.3, -0.25) is 9.69 Å². The molecule has 2 aromatic rings. The molecule has 0 fully saturated rings. The lowest BCUT2D eigenvalue weighted by molar-refractivity contribution is -0.117. The zero-order valence-electron chi connectivity index (χ0n) is 13.5. The zero-order valence-corrected chi connectivity index (χ0v) is 16.7. The van der Waals surface area contributed by atoms with Crippen LogP contribution in [0.4, 0.5) is 5.69 Å². The van der Waals surface area contributed by atoms with E-state index < -0.39 is 0 Å². The summed E-state index contributed by atoms with van der Waals surface area (Å²) < 4.78 is 1.75. The van der Waals surface area contributed by atoms with E-state index in [4.69, 9.17) is 0 Å². The Hall–Kier alpha value is -1.17. The summed E-state index contributed by atoms with van der Waals surface area (Å²) >= 11 is 7.00. The smallest absolute Gasteiger partial charge is 0.238 e. The summed E-state index contributed by atoms with van der Waals surface area (Å²) in [5, 5.41) is 2.96. The van der Waals surface area contributed by atoms with Crippen LogP contribution in [-0.4, -0.2) is 24.4 Å². The molecular weight excluding hydrogens is 420 g/mol. The maximum absolute atomic E-state index is 12.3. The number of amides is 1. The van der Waals surface area contributed by atoms with Gasteiger partial charge in [0.1, 0.15) is 0 Å². The van der Waals surface area contributed by atoms with Gasteiger partial charge in [0.2, 0.25) is 5.91 Å². The third-order valence-corrected chi connectivity index (χ3v) is 4.82. The molecule has 1 amide bonds. The summed E-state index contributed by atoms with van der Waals surface area (Å²) in [4.78, 5) is 14.3. The Morgan fingerprint density at radius 2 is 1.74 bits per heavy atom. The van der Waals surface area contributed by atoms with E-state index in [9.17, 15) is 4.79 Å². The Bertz CT molecular complexity index is 693. The molecule has 0 bridgehead atoms. The number of aryl methyl sites for hydroxylation is 2. The zero-order chi connectivity index (χ0) is 17.0. The molecule has 0 aliphatic carbocycles. The van der Waals surface area contributed by atoms with Crippen LogP contribution in [0.2, 0.25) is 0 Å². The van der Waals surface area contributed by atoms with E-state index in [1.807, 2.05) is 43.1 Å². The minimum atomic E-state index is -0.0358. The molecule has 0 saturated heterocycles. The van der Waals surface area contributed by atoms with Crippen molar-refractivity contribution in [2.24, 2.45) is 0 Å². The number of rotatable bonds is 5. The quantitative estimate of drug-likeness (QED) is 0.718. The van der Waals surface area contributed by atoms with Crippen LogP contribution in [0.5, 0.6) is 0 Å². The number of carbonyl (C=O) groups excluding carboxylic acids is 1. The molecule has 0 saturated carbocycles. The van der Waals surface area contributed by atoms with E-state index in [-0.39, 0.29) is 5.91 Å². The lowest BCUT2D eigenvalue weighted by Crippen LogP contribution is -2.30. The molecule has 2 rings (SSSR count). The first kappa shape index (κ1) is 18.2. The van der Waals surface area contributed by atoms with Gasteiger partial charge in [0.05, 0.1) is 12.2 Å². The van der Waals surface area contributed by atoms with Crippen molar-refractivity contribution in [2.75, 3.05) is 18.9 Å². The fraction of sp³-hybridized carbons (Fsp3) is 0.278. The number of nitrogens with zero attached hydrogens (tertiary/aromatic N) is 1. The first-order valence-corrected chi connectivity index (χ1v) is 8.94. The van der Waals surface area contributed by atoms with Crippen molar-refractivity contribution in [1.29, 1.82) is 0 Å². The highest BCUT2D eigenvalue weighted by Crippen LogP contribution is 2.32. The summed E-state index contributed by atoms with van der Waals surface area (Å²) in [6.45, 7) is 5.18. The standard InChI is InChI=1S/C18H20Br2N2O/c1-12-8-15(19)18(16(20)9-12)21-17(23)11-22(3)10-14-7-5-4-6-13(14)2/h4-9H,10-11H2,1-3H3,(H,21,23).